The summed E-state index contributed by atoms with van der Waals surface area (Å²) in [4.78, 5) is 35.6. The molecular weight excluding hydrogens is 248 g/mol. The van der Waals surface area contributed by atoms with Gasteiger partial charge >= 0.3 is 12.0 Å². The van der Waals surface area contributed by atoms with Crippen LogP contribution in [0.1, 0.15) is 47.0 Å². The van der Waals surface area contributed by atoms with Crippen molar-refractivity contribution < 1.29 is 19.5 Å². The first-order chi connectivity index (χ1) is 8.81. The van der Waals surface area contributed by atoms with E-state index >= 15 is 0 Å². The Kier molecular flexibility index (Phi) is 7.79. The highest BCUT2D eigenvalue weighted by Crippen LogP contribution is 2.08. The molecule has 0 saturated heterocycles. The molecule has 0 aromatic heterocycles. The van der Waals surface area contributed by atoms with Crippen LogP contribution in [0.15, 0.2) is 0 Å². The number of nitrogens with one attached hydrogen (secondary N) is 1. The van der Waals surface area contributed by atoms with Gasteiger partial charge in [0, 0.05) is 25.4 Å². The topological polar surface area (TPSA) is 86.7 Å². The molecule has 0 aliphatic heterocycles. The number of aliphatic carboxylic acids is 1. The summed E-state index contributed by atoms with van der Waals surface area (Å²) in [6, 6.07) is -0.349. The molecule has 0 aliphatic rings. The van der Waals surface area contributed by atoms with E-state index in [9.17, 15) is 14.4 Å². The zero-order chi connectivity index (χ0) is 15.0. The Labute approximate surface area is 114 Å². The summed E-state index contributed by atoms with van der Waals surface area (Å²) in [5.41, 5.74) is 0. The average Bonchev–Trinajstić information content (AvgIpc) is 2.27. The number of carboxylic acid groups (broad SMARTS) is 1. The van der Waals surface area contributed by atoms with Crippen LogP contribution in [-0.2, 0) is 9.59 Å². The summed E-state index contributed by atoms with van der Waals surface area (Å²) in [6.45, 7) is 7.93. The molecule has 6 nitrogen and oxygen atoms in total. The van der Waals surface area contributed by atoms with Crippen molar-refractivity contribution in [1.82, 2.24) is 10.2 Å². The molecule has 110 valence electrons. The van der Waals surface area contributed by atoms with Gasteiger partial charge in [0.2, 0.25) is 5.91 Å². The van der Waals surface area contributed by atoms with Gasteiger partial charge in [-0.2, -0.15) is 0 Å². The Balaban J connectivity index is 4.31. The number of carbonyl (C=O) groups is 3. The molecule has 3 amide bonds. The number of hydrogen-bond donors (Lipinski definition) is 2. The minimum atomic E-state index is -0.943. The Morgan fingerprint density at radius 3 is 2.16 bits per heavy atom. The molecule has 0 aromatic rings. The van der Waals surface area contributed by atoms with Crippen LogP contribution < -0.4 is 5.32 Å². The molecule has 0 radical (unpaired) electrons. The first-order valence-corrected chi connectivity index (χ1v) is 6.63. The maximum absolute atomic E-state index is 11.9. The molecule has 2 atom stereocenters. The summed E-state index contributed by atoms with van der Waals surface area (Å²) in [5.74, 6) is -1.66. The molecule has 0 rings (SSSR count). The van der Waals surface area contributed by atoms with Crippen molar-refractivity contribution in [3.05, 3.63) is 0 Å². The predicted molar refractivity (Wildman–Crippen MR) is 71.7 cm³/mol. The van der Waals surface area contributed by atoms with Crippen LogP contribution in [0.4, 0.5) is 4.79 Å². The summed E-state index contributed by atoms with van der Waals surface area (Å²) in [7, 11) is 0. The Morgan fingerprint density at radius 2 is 1.74 bits per heavy atom. The van der Waals surface area contributed by atoms with Crippen molar-refractivity contribution in [2.24, 2.45) is 5.92 Å². The van der Waals surface area contributed by atoms with Gasteiger partial charge in [0.25, 0.3) is 0 Å². The van der Waals surface area contributed by atoms with E-state index in [1.807, 2.05) is 20.8 Å². The van der Waals surface area contributed by atoms with E-state index in [0.717, 1.165) is 6.42 Å². The van der Waals surface area contributed by atoms with Crippen LogP contribution in [0.5, 0.6) is 0 Å². The summed E-state index contributed by atoms with van der Waals surface area (Å²) in [5, 5.41) is 10.9. The molecule has 0 fully saturated rings. The first-order valence-electron chi connectivity index (χ1n) is 6.63. The van der Waals surface area contributed by atoms with Crippen molar-refractivity contribution in [1.29, 1.82) is 0 Å². The predicted octanol–water partition coefficient (Wildman–Crippen LogP) is 1.84. The van der Waals surface area contributed by atoms with Crippen LogP contribution in [0.25, 0.3) is 0 Å². The van der Waals surface area contributed by atoms with E-state index < -0.39 is 17.9 Å². The Bertz CT molecular complexity index is 331. The molecule has 0 aromatic carbocycles. The second-order valence-corrected chi connectivity index (χ2v) is 4.80. The third kappa shape index (κ3) is 6.79. The second-order valence-electron chi connectivity index (χ2n) is 4.80. The lowest BCUT2D eigenvalue weighted by molar-refractivity contribution is -0.138. The van der Waals surface area contributed by atoms with E-state index in [2.05, 4.69) is 5.32 Å². The van der Waals surface area contributed by atoms with Crippen molar-refractivity contribution in [3.8, 4) is 0 Å². The third-order valence-corrected chi connectivity index (χ3v) is 3.03. The fraction of sp³-hybridized carbons (Fsp3) is 0.769. The summed E-state index contributed by atoms with van der Waals surface area (Å²) >= 11 is 0. The standard InChI is InChI=1S/C13H24N2O4/c1-5-10(4)15(6-2)13(19)14-11(16)7-9(3)8-12(17)18/h9-10H,5-8H2,1-4H3,(H,17,18)(H,14,16,19). The molecular formula is C13H24N2O4. The highest BCUT2D eigenvalue weighted by atomic mass is 16.4. The van der Waals surface area contributed by atoms with Gasteiger partial charge in [-0.25, -0.2) is 4.79 Å². The fourth-order valence-electron chi connectivity index (χ4n) is 1.80. The van der Waals surface area contributed by atoms with Gasteiger partial charge in [-0.05, 0) is 26.2 Å². The lowest BCUT2D eigenvalue weighted by Gasteiger charge is -2.27. The number of carbonyl (C=O) groups excluding carboxylic acids is 2. The minimum Gasteiger partial charge on any atom is -0.481 e. The largest absolute Gasteiger partial charge is 0.481 e. The zero-order valence-electron chi connectivity index (χ0n) is 12.1. The van der Waals surface area contributed by atoms with Gasteiger partial charge in [0.05, 0.1) is 0 Å². The van der Waals surface area contributed by atoms with Gasteiger partial charge in [0.15, 0.2) is 0 Å². The maximum atomic E-state index is 11.9. The number of urea groups is 1. The van der Waals surface area contributed by atoms with E-state index in [0.29, 0.717) is 6.54 Å². The van der Waals surface area contributed by atoms with Crippen LogP contribution in [0.3, 0.4) is 0 Å². The van der Waals surface area contributed by atoms with Crippen molar-refractivity contribution >= 4 is 17.9 Å². The Morgan fingerprint density at radius 1 is 1.16 bits per heavy atom. The number of imide groups is 1. The van der Waals surface area contributed by atoms with E-state index in [-0.39, 0.29) is 24.8 Å². The Hall–Kier alpha value is -1.59. The molecule has 0 bridgehead atoms. The molecule has 6 heteroatoms. The van der Waals surface area contributed by atoms with Gasteiger partial charge < -0.3 is 10.0 Å². The van der Waals surface area contributed by atoms with Gasteiger partial charge in [-0.1, -0.05) is 13.8 Å². The van der Waals surface area contributed by atoms with E-state index in [4.69, 9.17) is 5.11 Å². The summed E-state index contributed by atoms with van der Waals surface area (Å²) in [6.07, 6.45) is 0.769. The van der Waals surface area contributed by atoms with Gasteiger partial charge in [-0.15, -0.1) is 0 Å². The quantitative estimate of drug-likeness (QED) is 0.740. The second kappa shape index (κ2) is 8.50. The van der Waals surface area contributed by atoms with Crippen LogP contribution in [0.2, 0.25) is 0 Å². The SMILES string of the molecule is CCC(C)N(CC)C(=O)NC(=O)CC(C)CC(=O)O. The molecule has 2 unspecified atom stereocenters. The normalized spacial score (nSPS) is 13.5. The highest BCUT2D eigenvalue weighted by Gasteiger charge is 2.20. The van der Waals surface area contributed by atoms with Crippen LogP contribution in [0, 0.1) is 5.92 Å². The molecule has 0 heterocycles. The van der Waals surface area contributed by atoms with Crippen molar-refractivity contribution in [2.75, 3.05) is 6.54 Å². The smallest absolute Gasteiger partial charge is 0.324 e. The number of rotatable bonds is 7. The highest BCUT2D eigenvalue weighted by molar-refractivity contribution is 5.94. The number of carboxylic acids is 1. The average molecular weight is 272 g/mol. The monoisotopic (exact) mass is 272 g/mol. The fourth-order valence-corrected chi connectivity index (χ4v) is 1.80. The molecule has 0 saturated carbocycles. The lowest BCUT2D eigenvalue weighted by atomic mass is 10.0. The molecule has 0 spiro atoms. The van der Waals surface area contributed by atoms with E-state index in [1.54, 1.807) is 11.8 Å². The molecule has 0 aliphatic carbocycles. The first kappa shape index (κ1) is 17.4. The number of hydrogen-bond acceptors (Lipinski definition) is 3. The third-order valence-electron chi connectivity index (χ3n) is 3.03. The van der Waals surface area contributed by atoms with Gasteiger partial charge in [0.1, 0.15) is 0 Å². The number of nitrogens with zero attached hydrogens (tertiary/aromatic N) is 1. The van der Waals surface area contributed by atoms with Crippen LogP contribution in [-0.4, -0.2) is 40.5 Å². The van der Waals surface area contributed by atoms with E-state index in [1.165, 1.54) is 0 Å². The van der Waals surface area contributed by atoms with Gasteiger partial charge in [-0.3, -0.25) is 14.9 Å². The minimum absolute atomic E-state index is 0.0378. The summed E-state index contributed by atoms with van der Waals surface area (Å²) < 4.78 is 0. The molecule has 2 N–H and O–H groups in total. The van der Waals surface area contributed by atoms with Crippen LogP contribution >= 0.6 is 0 Å². The maximum Gasteiger partial charge on any atom is 0.324 e. The zero-order valence-corrected chi connectivity index (χ0v) is 12.1. The molecule has 19 heavy (non-hydrogen) atoms. The van der Waals surface area contributed by atoms with Crippen molar-refractivity contribution in [2.45, 2.75) is 53.0 Å². The van der Waals surface area contributed by atoms with Crippen molar-refractivity contribution in [3.63, 3.8) is 0 Å². The lowest BCUT2D eigenvalue weighted by Crippen LogP contribution is -2.47. The number of amides is 3.